The van der Waals surface area contributed by atoms with Gasteiger partial charge in [0.25, 0.3) is 5.91 Å². The zero-order valence-corrected chi connectivity index (χ0v) is 16.7. The fourth-order valence-electron chi connectivity index (χ4n) is 3.56. The Hall–Kier alpha value is -3.48. The van der Waals surface area contributed by atoms with Gasteiger partial charge in [-0.15, -0.1) is 0 Å². The van der Waals surface area contributed by atoms with Crippen LogP contribution >= 0.6 is 0 Å². The zero-order chi connectivity index (χ0) is 20.2. The number of benzene rings is 1. The molecule has 1 N–H and O–H groups in total. The number of nitrogens with zero attached hydrogens (tertiary/aromatic N) is 5. The van der Waals surface area contributed by atoms with E-state index in [1.165, 1.54) is 11.1 Å². The quantitative estimate of drug-likeness (QED) is 0.740. The maximum atomic E-state index is 12.9. The van der Waals surface area contributed by atoms with Crippen LogP contribution in [0.3, 0.4) is 0 Å². The summed E-state index contributed by atoms with van der Waals surface area (Å²) in [4.78, 5) is 29.7. The molecule has 7 heteroatoms. The number of amides is 1. The van der Waals surface area contributed by atoms with Crippen LogP contribution < -0.4 is 10.2 Å². The molecule has 0 saturated carbocycles. The number of hydrogen-bond acceptors (Lipinski definition) is 6. The highest BCUT2D eigenvalue weighted by atomic mass is 16.2. The molecule has 7 nitrogen and oxygen atoms in total. The SMILES string of the molecule is Cc1cc(C)cc(Nc2ccnc(C(=O)N3CCN(c4ncccn4)CC3)c2)c1. The normalized spacial score (nSPS) is 14.0. The van der Waals surface area contributed by atoms with Crippen molar-refractivity contribution >= 4 is 23.2 Å². The molecule has 0 atom stereocenters. The van der Waals surface area contributed by atoms with Crippen molar-refractivity contribution in [1.82, 2.24) is 19.9 Å². The Labute approximate surface area is 170 Å². The molecule has 0 radical (unpaired) electrons. The van der Waals surface area contributed by atoms with Gasteiger partial charge >= 0.3 is 0 Å². The average molecular weight is 388 g/mol. The van der Waals surface area contributed by atoms with Crippen LogP contribution in [0.15, 0.2) is 55.0 Å². The van der Waals surface area contributed by atoms with Gasteiger partial charge in [0.15, 0.2) is 0 Å². The van der Waals surface area contributed by atoms with E-state index in [-0.39, 0.29) is 5.91 Å². The first-order valence-electron chi connectivity index (χ1n) is 9.71. The first-order chi connectivity index (χ1) is 14.1. The summed E-state index contributed by atoms with van der Waals surface area (Å²) < 4.78 is 0. The van der Waals surface area contributed by atoms with Crippen LogP contribution in [0.25, 0.3) is 0 Å². The molecular formula is C22H24N6O. The van der Waals surface area contributed by atoms with E-state index in [2.05, 4.69) is 57.2 Å². The van der Waals surface area contributed by atoms with Gasteiger partial charge in [0.05, 0.1) is 0 Å². The Bertz CT molecular complexity index is 979. The van der Waals surface area contributed by atoms with Crippen molar-refractivity contribution in [2.75, 3.05) is 36.4 Å². The molecule has 3 aromatic rings. The third-order valence-corrected chi connectivity index (χ3v) is 4.89. The zero-order valence-electron chi connectivity index (χ0n) is 16.7. The highest BCUT2D eigenvalue weighted by Crippen LogP contribution is 2.20. The van der Waals surface area contributed by atoms with Crippen molar-refractivity contribution in [3.05, 3.63) is 71.8 Å². The fourth-order valence-corrected chi connectivity index (χ4v) is 3.56. The largest absolute Gasteiger partial charge is 0.355 e. The van der Waals surface area contributed by atoms with Crippen molar-refractivity contribution < 1.29 is 4.79 Å². The number of hydrogen-bond donors (Lipinski definition) is 1. The summed E-state index contributed by atoms with van der Waals surface area (Å²) in [5, 5.41) is 3.38. The van der Waals surface area contributed by atoms with E-state index in [1.54, 1.807) is 24.7 Å². The van der Waals surface area contributed by atoms with E-state index in [0.29, 0.717) is 37.8 Å². The smallest absolute Gasteiger partial charge is 0.272 e. The Morgan fingerprint density at radius 1 is 0.862 bits per heavy atom. The van der Waals surface area contributed by atoms with Crippen molar-refractivity contribution in [3.8, 4) is 0 Å². The average Bonchev–Trinajstić information content (AvgIpc) is 2.73. The number of rotatable bonds is 4. The van der Waals surface area contributed by atoms with Crippen LogP contribution in [0.4, 0.5) is 17.3 Å². The van der Waals surface area contributed by atoms with Crippen molar-refractivity contribution in [1.29, 1.82) is 0 Å². The Kier molecular flexibility index (Phi) is 5.37. The Morgan fingerprint density at radius 2 is 1.55 bits per heavy atom. The summed E-state index contributed by atoms with van der Waals surface area (Å²) in [6.45, 7) is 6.78. The summed E-state index contributed by atoms with van der Waals surface area (Å²) in [5.41, 5.74) is 4.69. The molecule has 1 fully saturated rings. The van der Waals surface area contributed by atoms with E-state index in [9.17, 15) is 4.79 Å². The lowest BCUT2D eigenvalue weighted by Gasteiger charge is -2.34. The maximum Gasteiger partial charge on any atom is 0.272 e. The number of aromatic nitrogens is 3. The lowest BCUT2D eigenvalue weighted by atomic mass is 10.1. The van der Waals surface area contributed by atoms with Crippen LogP contribution in [-0.2, 0) is 0 Å². The molecule has 0 spiro atoms. The summed E-state index contributed by atoms with van der Waals surface area (Å²) in [6.07, 6.45) is 5.14. The van der Waals surface area contributed by atoms with Gasteiger partial charge in [-0.1, -0.05) is 6.07 Å². The van der Waals surface area contributed by atoms with Gasteiger partial charge in [0.2, 0.25) is 5.95 Å². The second kappa shape index (κ2) is 8.26. The van der Waals surface area contributed by atoms with E-state index in [4.69, 9.17) is 0 Å². The molecule has 1 aromatic carbocycles. The van der Waals surface area contributed by atoms with E-state index < -0.39 is 0 Å². The van der Waals surface area contributed by atoms with E-state index in [1.807, 2.05) is 17.0 Å². The minimum atomic E-state index is -0.0531. The van der Waals surface area contributed by atoms with Crippen LogP contribution in [0.5, 0.6) is 0 Å². The molecular weight excluding hydrogens is 364 g/mol. The minimum Gasteiger partial charge on any atom is -0.355 e. The minimum absolute atomic E-state index is 0.0531. The lowest BCUT2D eigenvalue weighted by molar-refractivity contribution is 0.0740. The van der Waals surface area contributed by atoms with Crippen LogP contribution in [0.1, 0.15) is 21.6 Å². The topological polar surface area (TPSA) is 74.2 Å². The van der Waals surface area contributed by atoms with Gasteiger partial charge in [0.1, 0.15) is 5.69 Å². The first kappa shape index (κ1) is 18.9. The lowest BCUT2D eigenvalue weighted by Crippen LogP contribution is -2.49. The molecule has 0 aliphatic carbocycles. The van der Waals surface area contributed by atoms with Gasteiger partial charge in [-0.25, -0.2) is 9.97 Å². The molecule has 148 valence electrons. The highest BCUT2D eigenvalue weighted by molar-refractivity contribution is 5.93. The number of nitrogens with one attached hydrogen (secondary N) is 1. The molecule has 29 heavy (non-hydrogen) atoms. The van der Waals surface area contributed by atoms with Crippen LogP contribution in [0, 0.1) is 13.8 Å². The van der Waals surface area contributed by atoms with E-state index >= 15 is 0 Å². The van der Waals surface area contributed by atoms with Crippen molar-refractivity contribution in [3.63, 3.8) is 0 Å². The first-order valence-corrected chi connectivity index (χ1v) is 9.71. The van der Waals surface area contributed by atoms with Crippen molar-refractivity contribution in [2.45, 2.75) is 13.8 Å². The molecule has 1 amide bonds. The van der Waals surface area contributed by atoms with Crippen LogP contribution in [0.2, 0.25) is 0 Å². The summed E-state index contributed by atoms with van der Waals surface area (Å²) >= 11 is 0. The van der Waals surface area contributed by atoms with Gasteiger partial charge in [0, 0.05) is 56.1 Å². The predicted molar refractivity (Wildman–Crippen MR) is 114 cm³/mol. The summed E-state index contributed by atoms with van der Waals surface area (Å²) in [6, 6.07) is 11.8. The molecule has 1 aliphatic heterocycles. The number of pyridine rings is 1. The molecule has 1 aliphatic rings. The predicted octanol–water partition coefficient (Wildman–Crippen LogP) is 3.19. The standard InChI is InChI=1S/C22H24N6O/c1-16-12-17(2)14-19(13-16)26-18-4-7-23-20(15-18)21(29)27-8-10-28(11-9-27)22-24-5-3-6-25-22/h3-7,12-15H,8-11H2,1-2H3,(H,23,26). The monoisotopic (exact) mass is 388 g/mol. The van der Waals surface area contributed by atoms with E-state index in [0.717, 1.165) is 11.4 Å². The number of carbonyl (C=O) groups excluding carboxylic acids is 1. The molecule has 2 aromatic heterocycles. The third kappa shape index (κ3) is 4.51. The molecule has 3 heterocycles. The molecule has 4 rings (SSSR count). The Balaban J connectivity index is 1.42. The fraction of sp³-hybridized carbons (Fsp3) is 0.273. The summed E-state index contributed by atoms with van der Waals surface area (Å²) in [7, 11) is 0. The van der Waals surface area contributed by atoms with Gasteiger partial charge in [-0.3, -0.25) is 9.78 Å². The second-order valence-electron chi connectivity index (χ2n) is 7.26. The summed E-state index contributed by atoms with van der Waals surface area (Å²) in [5.74, 6) is 0.653. The third-order valence-electron chi connectivity index (χ3n) is 4.89. The van der Waals surface area contributed by atoms with Crippen molar-refractivity contribution in [2.24, 2.45) is 0 Å². The van der Waals surface area contributed by atoms with Gasteiger partial charge in [-0.05, 0) is 55.3 Å². The highest BCUT2D eigenvalue weighted by Gasteiger charge is 2.24. The van der Waals surface area contributed by atoms with Crippen LogP contribution in [-0.4, -0.2) is 51.9 Å². The molecule has 0 unspecified atom stereocenters. The molecule has 1 saturated heterocycles. The van der Waals surface area contributed by atoms with Gasteiger partial charge in [-0.2, -0.15) is 0 Å². The second-order valence-corrected chi connectivity index (χ2v) is 7.26. The maximum absolute atomic E-state index is 12.9. The number of carbonyl (C=O) groups is 1. The number of anilines is 3. The van der Waals surface area contributed by atoms with Gasteiger partial charge < -0.3 is 15.1 Å². The Morgan fingerprint density at radius 3 is 2.24 bits per heavy atom. The molecule has 0 bridgehead atoms. The number of aryl methyl sites for hydroxylation is 2. The number of piperazine rings is 1.